The molecular formula is C24H24N2O4S. The number of Topliss-reactive ketones (excluding diaryl/α,β-unsaturated/α-hetero) is 1. The smallest absolute Gasteiger partial charge is 0.261 e. The molecule has 0 saturated heterocycles. The molecule has 0 heterocycles. The maximum Gasteiger partial charge on any atom is 0.261 e. The normalized spacial score (nSPS) is 11.0. The van der Waals surface area contributed by atoms with Crippen LogP contribution in [-0.4, -0.2) is 20.1 Å². The van der Waals surface area contributed by atoms with Gasteiger partial charge in [0.2, 0.25) is 0 Å². The fourth-order valence-electron chi connectivity index (χ4n) is 3.02. The number of ketones is 1. The zero-order chi connectivity index (χ0) is 22.4. The molecule has 0 fully saturated rings. The van der Waals surface area contributed by atoms with Gasteiger partial charge in [0, 0.05) is 22.5 Å². The predicted octanol–water partition coefficient (Wildman–Crippen LogP) is 4.89. The van der Waals surface area contributed by atoms with E-state index in [4.69, 9.17) is 0 Å². The zero-order valence-corrected chi connectivity index (χ0v) is 18.2. The van der Waals surface area contributed by atoms with Crippen LogP contribution in [0.3, 0.4) is 0 Å². The van der Waals surface area contributed by atoms with E-state index < -0.39 is 10.0 Å². The Morgan fingerprint density at radius 1 is 0.774 bits per heavy atom. The Labute approximate surface area is 182 Å². The maximum absolute atomic E-state index is 12.5. The lowest BCUT2D eigenvalue weighted by atomic mass is 10.1. The highest BCUT2D eigenvalue weighted by Crippen LogP contribution is 2.18. The molecular weight excluding hydrogens is 412 g/mol. The minimum atomic E-state index is -3.81. The summed E-state index contributed by atoms with van der Waals surface area (Å²) in [6.07, 6.45) is 2.05. The molecule has 0 bridgehead atoms. The Morgan fingerprint density at radius 2 is 1.32 bits per heavy atom. The van der Waals surface area contributed by atoms with Gasteiger partial charge in [0.1, 0.15) is 0 Å². The molecule has 3 aromatic rings. The van der Waals surface area contributed by atoms with Gasteiger partial charge in [0.25, 0.3) is 15.9 Å². The van der Waals surface area contributed by atoms with Gasteiger partial charge in [0.15, 0.2) is 5.78 Å². The SMILES string of the molecule is CCCc1ccc(NC(=O)c2ccc(NS(=O)(=O)c3ccc(C(C)=O)cc3)cc2)cc1. The van der Waals surface area contributed by atoms with Crippen molar-refractivity contribution in [2.24, 2.45) is 0 Å². The molecule has 0 spiro atoms. The van der Waals surface area contributed by atoms with Gasteiger partial charge in [-0.15, -0.1) is 0 Å². The van der Waals surface area contributed by atoms with Crippen LogP contribution in [0.15, 0.2) is 77.7 Å². The fourth-order valence-corrected chi connectivity index (χ4v) is 4.08. The van der Waals surface area contributed by atoms with E-state index in [2.05, 4.69) is 17.0 Å². The van der Waals surface area contributed by atoms with E-state index in [1.165, 1.54) is 48.9 Å². The highest BCUT2D eigenvalue weighted by molar-refractivity contribution is 7.92. The average molecular weight is 437 g/mol. The van der Waals surface area contributed by atoms with E-state index in [1.807, 2.05) is 24.3 Å². The van der Waals surface area contributed by atoms with Crippen LogP contribution in [0.2, 0.25) is 0 Å². The lowest BCUT2D eigenvalue weighted by molar-refractivity contribution is 0.101. The topological polar surface area (TPSA) is 92.3 Å². The summed E-state index contributed by atoms with van der Waals surface area (Å²) >= 11 is 0. The van der Waals surface area contributed by atoms with Crippen molar-refractivity contribution in [3.8, 4) is 0 Å². The van der Waals surface area contributed by atoms with Crippen LogP contribution in [-0.2, 0) is 16.4 Å². The number of sulfonamides is 1. The summed E-state index contributed by atoms with van der Waals surface area (Å²) in [4.78, 5) is 23.8. The van der Waals surface area contributed by atoms with Gasteiger partial charge in [-0.25, -0.2) is 8.42 Å². The Bertz CT molecular complexity index is 1170. The molecule has 2 N–H and O–H groups in total. The van der Waals surface area contributed by atoms with Crippen LogP contribution in [0.5, 0.6) is 0 Å². The Balaban J connectivity index is 1.66. The molecule has 160 valence electrons. The van der Waals surface area contributed by atoms with Gasteiger partial charge in [-0.1, -0.05) is 37.6 Å². The van der Waals surface area contributed by atoms with Crippen molar-refractivity contribution < 1.29 is 18.0 Å². The Hall–Kier alpha value is -3.45. The number of carbonyl (C=O) groups excluding carboxylic acids is 2. The van der Waals surface area contributed by atoms with Crippen molar-refractivity contribution in [1.29, 1.82) is 0 Å². The van der Waals surface area contributed by atoms with Gasteiger partial charge < -0.3 is 5.32 Å². The van der Waals surface area contributed by atoms with Crippen LogP contribution in [0.1, 0.15) is 46.5 Å². The number of anilines is 2. The summed E-state index contributed by atoms with van der Waals surface area (Å²) < 4.78 is 27.6. The van der Waals surface area contributed by atoms with Gasteiger partial charge >= 0.3 is 0 Å². The third kappa shape index (κ3) is 5.79. The molecule has 1 amide bonds. The van der Waals surface area contributed by atoms with Crippen LogP contribution in [0.4, 0.5) is 11.4 Å². The first kappa shape index (κ1) is 22.2. The van der Waals surface area contributed by atoms with Crippen molar-refractivity contribution in [1.82, 2.24) is 0 Å². The second-order valence-corrected chi connectivity index (χ2v) is 8.85. The van der Waals surface area contributed by atoms with Gasteiger partial charge in [0.05, 0.1) is 4.90 Å². The van der Waals surface area contributed by atoms with Crippen molar-refractivity contribution in [3.05, 3.63) is 89.5 Å². The first-order chi connectivity index (χ1) is 14.8. The lowest BCUT2D eigenvalue weighted by Gasteiger charge is -2.10. The molecule has 0 aliphatic heterocycles. The van der Waals surface area contributed by atoms with Crippen molar-refractivity contribution >= 4 is 33.1 Å². The van der Waals surface area contributed by atoms with Crippen molar-refractivity contribution in [2.45, 2.75) is 31.6 Å². The maximum atomic E-state index is 12.5. The van der Waals surface area contributed by atoms with Crippen LogP contribution >= 0.6 is 0 Å². The summed E-state index contributed by atoms with van der Waals surface area (Å²) in [6.45, 7) is 3.53. The number of carbonyl (C=O) groups is 2. The second-order valence-electron chi connectivity index (χ2n) is 7.16. The molecule has 3 aromatic carbocycles. The van der Waals surface area contributed by atoms with Gasteiger partial charge in [-0.2, -0.15) is 0 Å². The summed E-state index contributed by atoms with van der Waals surface area (Å²) in [5.74, 6) is -0.417. The van der Waals surface area contributed by atoms with Crippen LogP contribution < -0.4 is 10.0 Å². The molecule has 31 heavy (non-hydrogen) atoms. The molecule has 3 rings (SSSR count). The minimum Gasteiger partial charge on any atom is -0.322 e. The van der Waals surface area contributed by atoms with Gasteiger partial charge in [-0.3, -0.25) is 14.3 Å². The lowest BCUT2D eigenvalue weighted by Crippen LogP contribution is -2.14. The summed E-state index contributed by atoms with van der Waals surface area (Å²) in [7, 11) is -3.81. The number of benzene rings is 3. The summed E-state index contributed by atoms with van der Waals surface area (Å²) in [6, 6.07) is 19.6. The number of hydrogen-bond donors (Lipinski definition) is 2. The zero-order valence-electron chi connectivity index (χ0n) is 17.4. The predicted molar refractivity (Wildman–Crippen MR) is 122 cm³/mol. The largest absolute Gasteiger partial charge is 0.322 e. The molecule has 0 unspecified atom stereocenters. The standard InChI is InChI=1S/C24H24N2O4S/c1-3-4-18-5-11-21(12-6-18)25-24(28)20-7-13-22(14-8-20)26-31(29,30)23-15-9-19(10-16-23)17(2)27/h5-16,26H,3-4H2,1-2H3,(H,25,28). The van der Waals surface area contributed by atoms with Crippen LogP contribution in [0.25, 0.3) is 0 Å². The summed E-state index contributed by atoms with van der Waals surface area (Å²) in [5, 5.41) is 2.83. The number of nitrogens with one attached hydrogen (secondary N) is 2. The molecule has 0 aromatic heterocycles. The first-order valence-electron chi connectivity index (χ1n) is 9.92. The fraction of sp³-hybridized carbons (Fsp3) is 0.167. The van der Waals surface area contributed by atoms with Gasteiger partial charge in [-0.05, 0) is 67.4 Å². The average Bonchev–Trinajstić information content (AvgIpc) is 2.75. The van der Waals surface area contributed by atoms with E-state index in [1.54, 1.807) is 12.1 Å². The Kier molecular flexibility index (Phi) is 6.87. The number of rotatable bonds is 8. The van der Waals surface area contributed by atoms with Crippen molar-refractivity contribution in [3.63, 3.8) is 0 Å². The third-order valence-electron chi connectivity index (χ3n) is 4.72. The van der Waals surface area contributed by atoms with E-state index in [-0.39, 0.29) is 16.6 Å². The first-order valence-corrected chi connectivity index (χ1v) is 11.4. The van der Waals surface area contributed by atoms with E-state index in [9.17, 15) is 18.0 Å². The molecule has 6 nitrogen and oxygen atoms in total. The number of aryl methyl sites for hydroxylation is 1. The number of amides is 1. The highest BCUT2D eigenvalue weighted by Gasteiger charge is 2.15. The molecule has 7 heteroatoms. The molecule has 0 aliphatic rings. The van der Waals surface area contributed by atoms with Crippen LogP contribution in [0, 0.1) is 0 Å². The second kappa shape index (κ2) is 9.57. The monoisotopic (exact) mass is 436 g/mol. The summed E-state index contributed by atoms with van der Waals surface area (Å²) in [5.41, 5.74) is 3.09. The van der Waals surface area contributed by atoms with E-state index in [0.717, 1.165) is 12.8 Å². The molecule has 0 aliphatic carbocycles. The van der Waals surface area contributed by atoms with E-state index >= 15 is 0 Å². The third-order valence-corrected chi connectivity index (χ3v) is 6.12. The quantitative estimate of drug-likeness (QED) is 0.492. The number of hydrogen-bond acceptors (Lipinski definition) is 4. The molecule has 0 saturated carbocycles. The highest BCUT2D eigenvalue weighted by atomic mass is 32.2. The molecule has 0 radical (unpaired) electrons. The Morgan fingerprint density at radius 3 is 1.87 bits per heavy atom. The minimum absolute atomic E-state index is 0.0471. The molecule has 0 atom stereocenters. The van der Waals surface area contributed by atoms with E-state index in [0.29, 0.717) is 22.5 Å². The van der Waals surface area contributed by atoms with Crippen molar-refractivity contribution in [2.75, 3.05) is 10.0 Å².